The second-order valence-corrected chi connectivity index (χ2v) is 7.67. The number of nitrogens with one attached hydrogen (secondary N) is 1. The number of aromatic nitrogens is 2. The van der Waals surface area contributed by atoms with Gasteiger partial charge in [0.15, 0.2) is 4.96 Å². The van der Waals surface area contributed by atoms with Crippen LogP contribution in [0.1, 0.15) is 44.4 Å². The number of aryl methyl sites for hydroxylation is 1. The van der Waals surface area contributed by atoms with Gasteiger partial charge in [0.1, 0.15) is 6.04 Å². The Bertz CT molecular complexity index is 959. The Hall–Kier alpha value is -2.67. The summed E-state index contributed by atoms with van der Waals surface area (Å²) in [5.74, 6) is -1.27. The van der Waals surface area contributed by atoms with Crippen molar-refractivity contribution in [2.24, 2.45) is 0 Å². The quantitative estimate of drug-likeness (QED) is 0.571. The van der Waals surface area contributed by atoms with E-state index in [4.69, 9.17) is 0 Å². The Morgan fingerprint density at radius 1 is 1.25 bits per heavy atom. The smallest absolute Gasteiger partial charge is 0.326 e. The van der Waals surface area contributed by atoms with Crippen molar-refractivity contribution in [3.63, 3.8) is 0 Å². The summed E-state index contributed by atoms with van der Waals surface area (Å²) in [6.07, 6.45) is 5.15. The standard InChI is InChI=1S/C21H25N3O3S/c1-3-5-6-17(20(26)27)22-19(25)11-16-13-28-21-23-18(12-24(16)21)15-9-7-14(4-2)8-10-15/h7-10,12-13,17H,3-6,11H2,1-2H3,(H,22,25)(H,26,27). The Balaban J connectivity index is 1.73. The van der Waals surface area contributed by atoms with E-state index in [0.29, 0.717) is 6.42 Å². The molecule has 0 saturated heterocycles. The van der Waals surface area contributed by atoms with Crippen LogP contribution in [0, 0.1) is 0 Å². The van der Waals surface area contributed by atoms with Crippen LogP contribution in [0.15, 0.2) is 35.8 Å². The Morgan fingerprint density at radius 3 is 2.64 bits per heavy atom. The summed E-state index contributed by atoms with van der Waals surface area (Å²) in [6.45, 7) is 4.12. The van der Waals surface area contributed by atoms with E-state index in [0.717, 1.165) is 41.2 Å². The summed E-state index contributed by atoms with van der Waals surface area (Å²) in [6, 6.07) is 7.47. The molecule has 0 bridgehead atoms. The summed E-state index contributed by atoms with van der Waals surface area (Å²) < 4.78 is 1.91. The third-order valence-electron chi connectivity index (χ3n) is 4.76. The molecule has 148 valence electrons. The fourth-order valence-electron chi connectivity index (χ4n) is 3.08. The van der Waals surface area contributed by atoms with Crippen LogP contribution in [0.4, 0.5) is 0 Å². The molecular weight excluding hydrogens is 374 g/mol. The van der Waals surface area contributed by atoms with Crippen LogP contribution >= 0.6 is 11.3 Å². The fourth-order valence-corrected chi connectivity index (χ4v) is 3.96. The van der Waals surface area contributed by atoms with E-state index in [9.17, 15) is 14.7 Å². The lowest BCUT2D eigenvalue weighted by Gasteiger charge is -2.13. The SMILES string of the molecule is CCCCC(NC(=O)Cc1csc2nc(-c3ccc(CC)cc3)cn12)C(=O)O. The topological polar surface area (TPSA) is 83.7 Å². The normalized spacial score (nSPS) is 12.2. The van der Waals surface area contributed by atoms with E-state index in [1.807, 2.05) is 22.9 Å². The minimum atomic E-state index is -0.988. The molecule has 1 unspecified atom stereocenters. The maximum absolute atomic E-state index is 12.4. The molecule has 1 amide bonds. The summed E-state index contributed by atoms with van der Waals surface area (Å²) in [5, 5.41) is 13.8. The average Bonchev–Trinajstić information content (AvgIpc) is 3.27. The van der Waals surface area contributed by atoms with Gasteiger partial charge in [-0.2, -0.15) is 0 Å². The van der Waals surface area contributed by atoms with Gasteiger partial charge >= 0.3 is 5.97 Å². The van der Waals surface area contributed by atoms with Crippen molar-refractivity contribution in [3.05, 3.63) is 47.1 Å². The van der Waals surface area contributed by atoms with E-state index in [1.54, 1.807) is 0 Å². The number of unbranched alkanes of at least 4 members (excludes halogenated alkanes) is 1. The molecule has 3 aromatic rings. The zero-order valence-corrected chi connectivity index (χ0v) is 17.0. The number of amides is 1. The number of rotatable bonds is 9. The number of carboxylic acid groups (broad SMARTS) is 1. The van der Waals surface area contributed by atoms with Crippen LogP contribution in [0.25, 0.3) is 16.2 Å². The van der Waals surface area contributed by atoms with E-state index in [-0.39, 0.29) is 12.3 Å². The number of hydrogen-bond donors (Lipinski definition) is 2. The first-order valence-electron chi connectivity index (χ1n) is 9.58. The number of carbonyl (C=O) groups excluding carboxylic acids is 1. The van der Waals surface area contributed by atoms with Crippen LogP contribution in [0.5, 0.6) is 0 Å². The second kappa shape index (κ2) is 9.01. The van der Waals surface area contributed by atoms with Gasteiger partial charge in [0, 0.05) is 22.8 Å². The van der Waals surface area contributed by atoms with E-state index in [2.05, 4.69) is 41.5 Å². The number of benzene rings is 1. The number of fused-ring (bicyclic) bond motifs is 1. The number of aliphatic carboxylic acids is 1. The molecule has 1 aromatic carbocycles. The average molecular weight is 400 g/mol. The van der Waals surface area contributed by atoms with Crippen molar-refractivity contribution in [1.29, 1.82) is 0 Å². The Kier molecular flexibility index (Phi) is 6.46. The molecule has 2 heterocycles. The lowest BCUT2D eigenvalue weighted by molar-refractivity contribution is -0.142. The molecule has 2 aromatic heterocycles. The van der Waals surface area contributed by atoms with E-state index in [1.165, 1.54) is 16.9 Å². The molecule has 0 aliphatic heterocycles. The fraction of sp³-hybridized carbons (Fsp3) is 0.381. The molecule has 0 spiro atoms. The van der Waals surface area contributed by atoms with Crippen LogP contribution < -0.4 is 5.32 Å². The van der Waals surface area contributed by atoms with Crippen molar-refractivity contribution < 1.29 is 14.7 Å². The van der Waals surface area contributed by atoms with Crippen molar-refractivity contribution in [3.8, 4) is 11.3 Å². The van der Waals surface area contributed by atoms with Gasteiger partial charge in [0.2, 0.25) is 5.91 Å². The molecule has 6 nitrogen and oxygen atoms in total. The molecule has 2 N–H and O–H groups in total. The number of hydrogen-bond acceptors (Lipinski definition) is 4. The number of nitrogens with zero attached hydrogens (tertiary/aromatic N) is 2. The highest BCUT2D eigenvalue weighted by atomic mass is 32.1. The summed E-state index contributed by atoms with van der Waals surface area (Å²) in [5.41, 5.74) is 3.98. The monoisotopic (exact) mass is 399 g/mol. The lowest BCUT2D eigenvalue weighted by atomic mass is 10.1. The molecular formula is C21H25N3O3S. The zero-order valence-electron chi connectivity index (χ0n) is 16.1. The summed E-state index contributed by atoms with van der Waals surface area (Å²) in [7, 11) is 0. The van der Waals surface area contributed by atoms with Gasteiger partial charge < -0.3 is 10.4 Å². The number of imidazole rings is 1. The molecule has 0 fully saturated rings. The molecule has 0 aliphatic rings. The van der Waals surface area contributed by atoms with Crippen LogP contribution in [-0.2, 0) is 22.4 Å². The first-order valence-corrected chi connectivity index (χ1v) is 10.5. The van der Waals surface area contributed by atoms with Gasteiger partial charge in [-0.05, 0) is 18.4 Å². The molecule has 0 aliphatic carbocycles. The highest BCUT2D eigenvalue weighted by Crippen LogP contribution is 2.24. The minimum Gasteiger partial charge on any atom is -0.480 e. The number of carboxylic acids is 1. The first kappa shape index (κ1) is 20.1. The molecule has 28 heavy (non-hydrogen) atoms. The predicted molar refractivity (Wildman–Crippen MR) is 111 cm³/mol. The molecule has 1 atom stereocenters. The van der Waals surface area contributed by atoms with Crippen molar-refractivity contribution >= 4 is 28.2 Å². The summed E-state index contributed by atoms with van der Waals surface area (Å²) in [4.78, 5) is 29.2. The van der Waals surface area contributed by atoms with Gasteiger partial charge in [-0.15, -0.1) is 11.3 Å². The first-order chi connectivity index (χ1) is 13.5. The highest BCUT2D eigenvalue weighted by molar-refractivity contribution is 7.15. The van der Waals surface area contributed by atoms with Gasteiger partial charge in [0.05, 0.1) is 12.1 Å². The van der Waals surface area contributed by atoms with Gasteiger partial charge in [-0.3, -0.25) is 9.20 Å². The largest absolute Gasteiger partial charge is 0.480 e. The molecule has 0 saturated carbocycles. The van der Waals surface area contributed by atoms with Crippen LogP contribution in [0.2, 0.25) is 0 Å². The maximum atomic E-state index is 12.4. The molecule has 0 radical (unpaired) electrons. The highest BCUT2D eigenvalue weighted by Gasteiger charge is 2.20. The zero-order chi connectivity index (χ0) is 20.1. The third-order valence-corrected chi connectivity index (χ3v) is 5.65. The van der Waals surface area contributed by atoms with Crippen LogP contribution in [0.3, 0.4) is 0 Å². The minimum absolute atomic E-state index is 0.125. The molecule has 7 heteroatoms. The predicted octanol–water partition coefficient (Wildman–Crippen LogP) is 3.93. The number of carbonyl (C=O) groups is 2. The Labute approximate surface area is 168 Å². The maximum Gasteiger partial charge on any atom is 0.326 e. The third kappa shape index (κ3) is 4.59. The molecule has 3 rings (SSSR count). The van der Waals surface area contributed by atoms with Crippen molar-refractivity contribution in [2.45, 2.75) is 52.0 Å². The Morgan fingerprint density at radius 2 is 2.00 bits per heavy atom. The van der Waals surface area contributed by atoms with E-state index < -0.39 is 12.0 Å². The van der Waals surface area contributed by atoms with Gasteiger partial charge in [0.25, 0.3) is 0 Å². The second-order valence-electron chi connectivity index (χ2n) is 6.83. The van der Waals surface area contributed by atoms with Crippen LogP contribution in [-0.4, -0.2) is 32.4 Å². The number of thiazole rings is 1. The lowest BCUT2D eigenvalue weighted by Crippen LogP contribution is -2.41. The van der Waals surface area contributed by atoms with Crippen molar-refractivity contribution in [2.75, 3.05) is 0 Å². The van der Waals surface area contributed by atoms with E-state index >= 15 is 0 Å². The summed E-state index contributed by atoms with van der Waals surface area (Å²) >= 11 is 1.47. The van der Waals surface area contributed by atoms with Gasteiger partial charge in [-0.1, -0.05) is 51.0 Å². The van der Waals surface area contributed by atoms with Gasteiger partial charge in [-0.25, -0.2) is 9.78 Å². The van der Waals surface area contributed by atoms with Crippen molar-refractivity contribution in [1.82, 2.24) is 14.7 Å².